The Kier molecular flexibility index (Phi) is 9.55. The van der Waals surface area contributed by atoms with Crippen LogP contribution in [0.3, 0.4) is 0 Å². The maximum Gasteiger partial charge on any atom is 0.248 e. The van der Waals surface area contributed by atoms with Crippen molar-refractivity contribution in [3.05, 3.63) is 65.7 Å². The summed E-state index contributed by atoms with van der Waals surface area (Å²) in [5.74, 6) is 0.792. The lowest BCUT2D eigenvalue weighted by Crippen LogP contribution is -2.51. The van der Waals surface area contributed by atoms with Crippen LogP contribution >= 0.6 is 24.0 Å². The highest BCUT2D eigenvalue weighted by molar-refractivity contribution is 14.0. The van der Waals surface area contributed by atoms with Crippen molar-refractivity contribution in [3.8, 4) is 0 Å². The van der Waals surface area contributed by atoms with Crippen LogP contribution in [0.1, 0.15) is 37.8 Å². The monoisotopic (exact) mass is 561 g/mol. The molecule has 0 aliphatic carbocycles. The van der Waals surface area contributed by atoms with Crippen molar-refractivity contribution in [2.45, 2.75) is 51.7 Å². The van der Waals surface area contributed by atoms with Crippen molar-refractivity contribution >= 4 is 41.5 Å². The smallest absolute Gasteiger partial charge is 0.248 e. The predicted molar refractivity (Wildman–Crippen MR) is 146 cm³/mol. The highest BCUT2D eigenvalue weighted by Gasteiger charge is 2.27. The summed E-state index contributed by atoms with van der Waals surface area (Å²) >= 11 is 0. The van der Waals surface area contributed by atoms with Gasteiger partial charge < -0.3 is 15.5 Å². The molecule has 7 heteroatoms. The van der Waals surface area contributed by atoms with Crippen LogP contribution in [0.15, 0.2) is 59.6 Å². The standard InChI is InChI=1S/C26H35N5O.HI/c1-3-27-26(28-18-25(32)31-16-13-22-11-7-8-12-24(22)31)29-23-14-15-30(20(2)17-23)19-21-9-5-4-6-10-21;/h4-12,20,23H,3,13-19H2,1-2H3,(H2,27,28,29);1H. The van der Waals surface area contributed by atoms with Gasteiger partial charge in [0.1, 0.15) is 6.54 Å². The Morgan fingerprint density at radius 3 is 2.61 bits per heavy atom. The van der Waals surface area contributed by atoms with Crippen LogP contribution in [0.4, 0.5) is 5.69 Å². The molecule has 2 N–H and O–H groups in total. The number of hydrogen-bond acceptors (Lipinski definition) is 3. The summed E-state index contributed by atoms with van der Waals surface area (Å²) in [5, 5.41) is 6.89. The van der Waals surface area contributed by atoms with E-state index < -0.39 is 0 Å². The summed E-state index contributed by atoms with van der Waals surface area (Å²) < 4.78 is 0. The van der Waals surface area contributed by atoms with E-state index >= 15 is 0 Å². The molecular formula is C26H36IN5O. The molecule has 2 heterocycles. The van der Waals surface area contributed by atoms with E-state index in [-0.39, 0.29) is 36.4 Å². The highest BCUT2D eigenvalue weighted by atomic mass is 127. The highest BCUT2D eigenvalue weighted by Crippen LogP contribution is 2.27. The lowest BCUT2D eigenvalue weighted by Gasteiger charge is -2.38. The Hall–Kier alpha value is -2.13. The number of anilines is 1. The Labute approximate surface area is 214 Å². The summed E-state index contributed by atoms with van der Waals surface area (Å²) in [4.78, 5) is 21.9. The number of halogens is 1. The molecule has 2 unspecified atom stereocenters. The van der Waals surface area contributed by atoms with Crippen LogP contribution in [0.25, 0.3) is 0 Å². The Morgan fingerprint density at radius 1 is 1.09 bits per heavy atom. The Balaban J connectivity index is 0.00000306. The zero-order chi connectivity index (χ0) is 22.3. The second kappa shape index (κ2) is 12.4. The van der Waals surface area contributed by atoms with Crippen LogP contribution < -0.4 is 15.5 Å². The normalized spacial score (nSPS) is 20.7. The number of piperidine rings is 1. The first-order chi connectivity index (χ1) is 15.6. The van der Waals surface area contributed by atoms with Gasteiger partial charge in [-0.25, -0.2) is 4.99 Å². The van der Waals surface area contributed by atoms with E-state index in [1.54, 1.807) is 0 Å². The van der Waals surface area contributed by atoms with Gasteiger partial charge in [0, 0.05) is 44.0 Å². The van der Waals surface area contributed by atoms with Crippen LogP contribution in [0.5, 0.6) is 0 Å². The van der Waals surface area contributed by atoms with Crippen molar-refractivity contribution in [1.82, 2.24) is 15.5 Å². The number of aliphatic imine (C=N–C) groups is 1. The lowest BCUT2D eigenvalue weighted by atomic mass is 9.97. The van der Waals surface area contributed by atoms with Crippen LogP contribution in [-0.2, 0) is 17.8 Å². The number of guanidine groups is 1. The quantitative estimate of drug-likeness (QED) is 0.320. The number of para-hydroxylation sites is 1. The van der Waals surface area contributed by atoms with Crippen molar-refractivity contribution in [1.29, 1.82) is 0 Å². The van der Waals surface area contributed by atoms with E-state index in [2.05, 4.69) is 70.8 Å². The van der Waals surface area contributed by atoms with Crippen LogP contribution in [0, 0.1) is 0 Å². The van der Waals surface area contributed by atoms with Gasteiger partial charge in [-0.2, -0.15) is 0 Å². The topological polar surface area (TPSA) is 60.0 Å². The third-order valence-electron chi connectivity index (χ3n) is 6.49. The van der Waals surface area contributed by atoms with E-state index in [9.17, 15) is 4.79 Å². The fraction of sp³-hybridized carbons (Fsp3) is 0.462. The molecule has 2 aliphatic heterocycles. The average molecular weight is 562 g/mol. The maximum atomic E-state index is 12.8. The van der Waals surface area contributed by atoms with Gasteiger partial charge in [-0.1, -0.05) is 48.5 Å². The number of nitrogens with one attached hydrogen (secondary N) is 2. The summed E-state index contributed by atoms with van der Waals surface area (Å²) in [6, 6.07) is 19.7. The fourth-order valence-electron chi connectivity index (χ4n) is 4.75. The average Bonchev–Trinajstić information content (AvgIpc) is 3.24. The largest absolute Gasteiger partial charge is 0.357 e. The number of likely N-dealkylation sites (tertiary alicyclic amines) is 1. The molecule has 4 rings (SSSR count). The van der Waals surface area contributed by atoms with Gasteiger partial charge >= 0.3 is 0 Å². The van der Waals surface area contributed by atoms with Crippen molar-refractivity contribution < 1.29 is 4.79 Å². The Bertz CT molecular complexity index is 935. The molecule has 0 bridgehead atoms. The zero-order valence-corrected chi connectivity index (χ0v) is 22.0. The van der Waals surface area contributed by atoms with Crippen LogP contribution in [-0.4, -0.2) is 55.0 Å². The number of rotatable bonds is 6. The lowest BCUT2D eigenvalue weighted by molar-refractivity contribution is -0.117. The van der Waals surface area contributed by atoms with Crippen LogP contribution in [0.2, 0.25) is 0 Å². The molecule has 1 saturated heterocycles. The van der Waals surface area contributed by atoms with E-state index in [1.165, 1.54) is 11.1 Å². The molecule has 178 valence electrons. The number of fused-ring (bicyclic) bond motifs is 1. The minimum atomic E-state index is 0. The third kappa shape index (κ3) is 6.69. The van der Waals surface area contributed by atoms with Crippen molar-refractivity contribution in [2.24, 2.45) is 4.99 Å². The molecule has 1 amide bonds. The van der Waals surface area contributed by atoms with E-state index in [0.29, 0.717) is 12.1 Å². The van der Waals surface area contributed by atoms with Gasteiger partial charge in [0.15, 0.2) is 5.96 Å². The predicted octanol–water partition coefficient (Wildman–Crippen LogP) is 3.80. The molecule has 2 aromatic carbocycles. The van der Waals surface area contributed by atoms with E-state index in [4.69, 9.17) is 0 Å². The van der Waals surface area contributed by atoms with Gasteiger partial charge in [0.2, 0.25) is 5.91 Å². The third-order valence-corrected chi connectivity index (χ3v) is 6.49. The molecule has 0 aromatic heterocycles. The molecule has 2 aromatic rings. The maximum absolute atomic E-state index is 12.8. The number of carbonyl (C=O) groups is 1. The number of benzene rings is 2. The van der Waals surface area contributed by atoms with Gasteiger partial charge in [-0.15, -0.1) is 24.0 Å². The summed E-state index contributed by atoms with van der Waals surface area (Å²) in [5.41, 5.74) is 3.64. The molecule has 33 heavy (non-hydrogen) atoms. The van der Waals surface area contributed by atoms with E-state index in [1.807, 2.05) is 23.1 Å². The first-order valence-electron chi connectivity index (χ1n) is 11.8. The number of carbonyl (C=O) groups excluding carboxylic acids is 1. The zero-order valence-electron chi connectivity index (χ0n) is 19.7. The molecule has 2 aliphatic rings. The summed E-state index contributed by atoms with van der Waals surface area (Å²) in [6.07, 6.45) is 3.04. The summed E-state index contributed by atoms with van der Waals surface area (Å²) in [6.45, 7) is 8.08. The molecule has 6 nitrogen and oxygen atoms in total. The Morgan fingerprint density at radius 2 is 1.85 bits per heavy atom. The second-order valence-electron chi connectivity index (χ2n) is 8.79. The molecule has 2 atom stereocenters. The van der Waals surface area contributed by atoms with Gasteiger partial charge in [0.05, 0.1) is 0 Å². The number of nitrogens with zero attached hydrogens (tertiary/aromatic N) is 3. The first kappa shape index (κ1) is 25.5. The van der Waals surface area contributed by atoms with Gasteiger partial charge in [-0.05, 0) is 50.3 Å². The molecule has 0 radical (unpaired) electrons. The molecule has 1 fully saturated rings. The molecular weight excluding hydrogens is 525 g/mol. The summed E-state index contributed by atoms with van der Waals surface area (Å²) in [7, 11) is 0. The minimum Gasteiger partial charge on any atom is -0.357 e. The molecule has 0 saturated carbocycles. The van der Waals surface area contributed by atoms with Crippen molar-refractivity contribution in [3.63, 3.8) is 0 Å². The minimum absolute atomic E-state index is 0. The van der Waals surface area contributed by atoms with E-state index in [0.717, 1.165) is 57.1 Å². The van der Waals surface area contributed by atoms with Gasteiger partial charge in [0.25, 0.3) is 0 Å². The first-order valence-corrected chi connectivity index (χ1v) is 11.8. The molecule has 0 spiro atoms. The second-order valence-corrected chi connectivity index (χ2v) is 8.79. The van der Waals surface area contributed by atoms with Gasteiger partial charge in [-0.3, -0.25) is 9.69 Å². The van der Waals surface area contributed by atoms with Crippen molar-refractivity contribution in [2.75, 3.05) is 31.1 Å². The number of amides is 1. The fourth-order valence-corrected chi connectivity index (χ4v) is 4.75. The SMILES string of the molecule is CCNC(=NCC(=O)N1CCc2ccccc21)NC1CCN(Cc2ccccc2)C(C)C1.I. The number of hydrogen-bond donors (Lipinski definition) is 2.